The van der Waals surface area contributed by atoms with Gasteiger partial charge in [-0.1, -0.05) is 32.1 Å². The molecule has 3 unspecified atom stereocenters. The first-order valence-corrected chi connectivity index (χ1v) is 15.8. The van der Waals surface area contributed by atoms with E-state index < -0.39 is 11.2 Å². The Bertz CT molecular complexity index is 1060. The van der Waals surface area contributed by atoms with Crippen LogP contribution in [0, 0.1) is 11.8 Å². The van der Waals surface area contributed by atoms with Gasteiger partial charge in [-0.25, -0.2) is 9.59 Å². The molecule has 0 spiro atoms. The van der Waals surface area contributed by atoms with E-state index >= 15 is 0 Å². The second-order valence-corrected chi connectivity index (χ2v) is 14.2. The third-order valence-corrected chi connectivity index (χ3v) is 8.33. The lowest BCUT2D eigenvalue weighted by molar-refractivity contribution is -0.124. The van der Waals surface area contributed by atoms with Crippen molar-refractivity contribution in [2.45, 2.75) is 122 Å². The molecule has 2 N–H and O–H groups in total. The first-order chi connectivity index (χ1) is 19.8. The number of esters is 1. The molecule has 2 heterocycles. The lowest BCUT2D eigenvalue weighted by atomic mass is 9.72. The number of benzene rings is 1. The van der Waals surface area contributed by atoms with Crippen molar-refractivity contribution in [2.24, 2.45) is 11.8 Å². The molecule has 9 heteroatoms. The van der Waals surface area contributed by atoms with Crippen LogP contribution >= 0.6 is 0 Å². The molecular formula is C33H51N3O6. The molecule has 1 aliphatic carbocycles. The van der Waals surface area contributed by atoms with Crippen molar-refractivity contribution >= 4 is 23.7 Å². The van der Waals surface area contributed by atoms with Gasteiger partial charge in [0.1, 0.15) is 11.2 Å². The zero-order valence-corrected chi connectivity index (χ0v) is 26.4. The maximum atomic E-state index is 13.6. The maximum Gasteiger partial charge on any atom is 0.410 e. The van der Waals surface area contributed by atoms with E-state index in [0.29, 0.717) is 36.8 Å². The largest absolute Gasteiger partial charge is 0.456 e. The van der Waals surface area contributed by atoms with Crippen LogP contribution in [0.2, 0.25) is 0 Å². The van der Waals surface area contributed by atoms with Crippen LogP contribution in [0.15, 0.2) is 24.3 Å². The second kappa shape index (κ2) is 13.8. The Balaban J connectivity index is 1.33. The van der Waals surface area contributed by atoms with Crippen LogP contribution in [0.3, 0.4) is 0 Å². The van der Waals surface area contributed by atoms with Crippen molar-refractivity contribution in [2.75, 3.05) is 25.0 Å². The third-order valence-electron chi connectivity index (χ3n) is 8.33. The van der Waals surface area contributed by atoms with Gasteiger partial charge in [-0.15, -0.1) is 0 Å². The van der Waals surface area contributed by atoms with Crippen molar-refractivity contribution in [1.82, 2.24) is 10.2 Å². The van der Waals surface area contributed by atoms with Crippen molar-refractivity contribution in [1.29, 1.82) is 0 Å². The van der Waals surface area contributed by atoms with Crippen molar-refractivity contribution < 1.29 is 28.6 Å². The van der Waals surface area contributed by atoms with Crippen LogP contribution in [0.1, 0.15) is 103 Å². The first-order valence-electron chi connectivity index (χ1n) is 15.8. The van der Waals surface area contributed by atoms with Gasteiger partial charge in [0.15, 0.2) is 0 Å². The fourth-order valence-corrected chi connectivity index (χ4v) is 6.37. The van der Waals surface area contributed by atoms with Gasteiger partial charge in [-0.3, -0.25) is 4.79 Å². The molecule has 1 aromatic rings. The summed E-state index contributed by atoms with van der Waals surface area (Å²) in [4.78, 5) is 40.2. The summed E-state index contributed by atoms with van der Waals surface area (Å²) in [6.07, 6.45) is 8.23. The van der Waals surface area contributed by atoms with Gasteiger partial charge in [-0.2, -0.15) is 0 Å². The summed E-state index contributed by atoms with van der Waals surface area (Å²) in [6, 6.07) is 6.59. The van der Waals surface area contributed by atoms with E-state index in [0.717, 1.165) is 32.1 Å². The predicted octanol–water partition coefficient (Wildman–Crippen LogP) is 5.92. The number of amides is 2. The summed E-state index contributed by atoms with van der Waals surface area (Å²) < 4.78 is 17.6. The zero-order chi connectivity index (χ0) is 30.5. The van der Waals surface area contributed by atoms with Crippen molar-refractivity contribution in [3.05, 3.63) is 29.8 Å². The van der Waals surface area contributed by atoms with Crippen LogP contribution in [0.25, 0.3) is 0 Å². The molecule has 0 bridgehead atoms. The minimum absolute atomic E-state index is 0.0344. The number of hydrogen-bond acceptors (Lipinski definition) is 7. The summed E-state index contributed by atoms with van der Waals surface area (Å²) in [7, 11) is 0. The number of anilines is 1. The fourth-order valence-electron chi connectivity index (χ4n) is 6.37. The Labute approximate surface area is 251 Å². The standard InChI is InChI=1S/C33H51N3O6/c1-32(2,3)41-30(38)23-12-14-24(15-13-23)35-29(37)28-27(22-10-8-7-9-11-22)20-26(21-34-28)40-25-16-18-36(19-17-25)31(39)42-33(4,5)6/h12-15,22,25-28,34H,7-11,16-21H2,1-6H3,(H,35,37). The Hall–Kier alpha value is -2.65. The summed E-state index contributed by atoms with van der Waals surface area (Å²) in [5.74, 6) is 0.247. The first kappa shape index (κ1) is 32.3. The average molecular weight is 586 g/mol. The number of hydrogen-bond donors (Lipinski definition) is 2. The van der Waals surface area contributed by atoms with Crippen molar-refractivity contribution in [3.8, 4) is 0 Å². The van der Waals surface area contributed by atoms with Gasteiger partial charge in [0, 0.05) is 25.3 Å². The fraction of sp³-hybridized carbons (Fsp3) is 0.727. The molecule has 2 saturated heterocycles. The Morgan fingerprint density at radius 1 is 0.833 bits per heavy atom. The normalized spacial score (nSPS) is 24.6. The van der Waals surface area contributed by atoms with E-state index in [4.69, 9.17) is 14.2 Å². The molecule has 0 radical (unpaired) electrons. The van der Waals surface area contributed by atoms with E-state index in [-0.39, 0.29) is 42.1 Å². The van der Waals surface area contributed by atoms with E-state index in [2.05, 4.69) is 10.6 Å². The van der Waals surface area contributed by atoms with Crippen LogP contribution in [0.4, 0.5) is 10.5 Å². The van der Waals surface area contributed by atoms with Gasteiger partial charge >= 0.3 is 12.1 Å². The van der Waals surface area contributed by atoms with Crippen LogP contribution in [-0.2, 0) is 19.0 Å². The van der Waals surface area contributed by atoms with Crippen LogP contribution in [0.5, 0.6) is 0 Å². The number of carbonyl (C=O) groups excluding carboxylic acids is 3. The molecule has 1 aromatic carbocycles. The summed E-state index contributed by atoms with van der Waals surface area (Å²) in [6.45, 7) is 13.0. The molecule has 3 aliphatic rings. The van der Waals surface area contributed by atoms with E-state index in [1.807, 2.05) is 41.5 Å². The molecule has 0 aromatic heterocycles. The number of ether oxygens (including phenoxy) is 3. The third kappa shape index (κ3) is 9.43. The van der Waals surface area contributed by atoms with E-state index in [1.54, 1.807) is 29.2 Å². The SMILES string of the molecule is CC(C)(C)OC(=O)c1ccc(NC(=O)C2NCC(OC3CCN(C(=O)OC(C)(C)C)CC3)CC2C2CCCCC2)cc1. The Morgan fingerprint density at radius 3 is 2.05 bits per heavy atom. The predicted molar refractivity (Wildman–Crippen MR) is 162 cm³/mol. The van der Waals surface area contributed by atoms with E-state index in [9.17, 15) is 14.4 Å². The molecule has 9 nitrogen and oxygen atoms in total. The van der Waals surface area contributed by atoms with Crippen LogP contribution in [-0.4, -0.2) is 72.0 Å². The molecule has 1 saturated carbocycles. The lowest BCUT2D eigenvalue weighted by Crippen LogP contribution is -2.57. The van der Waals surface area contributed by atoms with Gasteiger partial charge in [-0.05, 0) is 96.9 Å². The number of piperidine rings is 2. The highest BCUT2D eigenvalue weighted by atomic mass is 16.6. The second-order valence-electron chi connectivity index (χ2n) is 14.2. The van der Waals surface area contributed by atoms with Gasteiger partial charge in [0.2, 0.25) is 5.91 Å². The smallest absolute Gasteiger partial charge is 0.410 e. The number of nitrogens with one attached hydrogen (secondary N) is 2. The monoisotopic (exact) mass is 585 g/mol. The highest BCUT2D eigenvalue weighted by molar-refractivity contribution is 5.96. The molecule has 42 heavy (non-hydrogen) atoms. The van der Waals surface area contributed by atoms with Gasteiger partial charge in [0.25, 0.3) is 0 Å². The van der Waals surface area contributed by atoms with E-state index in [1.165, 1.54) is 19.3 Å². The van der Waals surface area contributed by atoms with Gasteiger partial charge < -0.3 is 29.7 Å². The van der Waals surface area contributed by atoms with Crippen molar-refractivity contribution in [3.63, 3.8) is 0 Å². The summed E-state index contributed by atoms with van der Waals surface area (Å²) in [5.41, 5.74) is 0.0463. The molecule has 234 valence electrons. The number of likely N-dealkylation sites (tertiary alicyclic amines) is 1. The maximum absolute atomic E-state index is 13.6. The molecule has 2 aliphatic heterocycles. The molecule has 2 amide bonds. The minimum atomic E-state index is -0.566. The average Bonchev–Trinajstić information content (AvgIpc) is 2.92. The molecule has 3 atom stereocenters. The highest BCUT2D eigenvalue weighted by Gasteiger charge is 2.41. The summed E-state index contributed by atoms with van der Waals surface area (Å²) >= 11 is 0. The minimum Gasteiger partial charge on any atom is -0.456 e. The molecular weight excluding hydrogens is 534 g/mol. The molecule has 3 fully saturated rings. The Morgan fingerprint density at radius 2 is 1.45 bits per heavy atom. The summed E-state index contributed by atoms with van der Waals surface area (Å²) in [5, 5.41) is 6.62. The molecule has 4 rings (SSSR count). The Kier molecular flexibility index (Phi) is 10.6. The number of nitrogens with zero attached hydrogens (tertiary/aromatic N) is 1. The lowest BCUT2D eigenvalue weighted by Gasteiger charge is -2.43. The number of carbonyl (C=O) groups is 3. The zero-order valence-electron chi connectivity index (χ0n) is 26.4. The van der Waals surface area contributed by atoms with Crippen LogP contribution < -0.4 is 10.6 Å². The van der Waals surface area contributed by atoms with Gasteiger partial charge in [0.05, 0.1) is 23.8 Å². The number of rotatable bonds is 6. The topological polar surface area (TPSA) is 106 Å². The highest BCUT2D eigenvalue weighted by Crippen LogP contribution is 2.37. The quantitative estimate of drug-likeness (QED) is 0.399.